The van der Waals surface area contributed by atoms with Gasteiger partial charge in [0.1, 0.15) is 5.50 Å². The second-order valence-corrected chi connectivity index (χ2v) is 10.4. The zero-order valence-corrected chi connectivity index (χ0v) is 22.8. The number of amides is 3. The Balaban J connectivity index is 1.72. The van der Waals surface area contributed by atoms with E-state index in [-0.39, 0.29) is 11.9 Å². The Morgan fingerprint density at radius 2 is 1.78 bits per heavy atom. The number of halogens is 2. The van der Waals surface area contributed by atoms with Crippen molar-refractivity contribution in [3.8, 4) is 0 Å². The molecule has 0 saturated carbocycles. The molecule has 3 rings (SSSR count). The van der Waals surface area contributed by atoms with Crippen LogP contribution < -0.4 is 20.9 Å². The number of benzene rings is 2. The highest BCUT2D eigenvalue weighted by molar-refractivity contribution is 6.30. The van der Waals surface area contributed by atoms with E-state index in [1.54, 1.807) is 0 Å². The van der Waals surface area contributed by atoms with Crippen LogP contribution in [0.1, 0.15) is 43.1 Å². The number of anilines is 2. The van der Waals surface area contributed by atoms with Crippen LogP contribution >= 0.6 is 23.2 Å². The Kier molecular flexibility index (Phi) is 10.6. The van der Waals surface area contributed by atoms with Crippen molar-refractivity contribution < 1.29 is 9.59 Å². The van der Waals surface area contributed by atoms with Gasteiger partial charge in [0.2, 0.25) is 0 Å². The number of nitrogens with zero attached hydrogens (tertiary/aromatic N) is 2. The van der Waals surface area contributed by atoms with E-state index in [2.05, 4.69) is 34.7 Å². The van der Waals surface area contributed by atoms with Gasteiger partial charge in [0.25, 0.3) is 5.91 Å². The molecule has 36 heavy (non-hydrogen) atoms. The van der Waals surface area contributed by atoms with Gasteiger partial charge in [0.05, 0.1) is 11.4 Å². The van der Waals surface area contributed by atoms with Crippen LogP contribution in [0.5, 0.6) is 0 Å². The van der Waals surface area contributed by atoms with Crippen molar-refractivity contribution in [2.75, 3.05) is 49.5 Å². The summed E-state index contributed by atoms with van der Waals surface area (Å²) in [6, 6.07) is 13.1. The lowest BCUT2D eigenvalue weighted by molar-refractivity contribution is 0.0949. The molecule has 1 heterocycles. The summed E-state index contributed by atoms with van der Waals surface area (Å²) in [5, 5.41) is 9.96. The van der Waals surface area contributed by atoms with Crippen molar-refractivity contribution in [2.24, 2.45) is 5.92 Å². The molecular weight excluding hydrogens is 497 g/mol. The lowest BCUT2D eigenvalue weighted by Gasteiger charge is -2.27. The minimum absolute atomic E-state index is 0.0150. The summed E-state index contributed by atoms with van der Waals surface area (Å²) >= 11 is 12.4. The highest BCUT2D eigenvalue weighted by Crippen LogP contribution is 2.29. The minimum atomic E-state index is -0.545. The van der Waals surface area contributed by atoms with E-state index in [0.29, 0.717) is 36.0 Å². The second-order valence-electron chi connectivity index (χ2n) is 9.44. The fraction of sp³-hybridized carbons (Fsp3) is 0.481. The predicted molar refractivity (Wildman–Crippen MR) is 150 cm³/mol. The molecule has 7 nitrogen and oxygen atoms in total. The van der Waals surface area contributed by atoms with Crippen LogP contribution in [-0.4, -0.2) is 61.6 Å². The van der Waals surface area contributed by atoms with E-state index in [0.717, 1.165) is 49.5 Å². The zero-order chi connectivity index (χ0) is 26.1. The van der Waals surface area contributed by atoms with Gasteiger partial charge in [-0.2, -0.15) is 0 Å². The summed E-state index contributed by atoms with van der Waals surface area (Å²) in [5.41, 5.74) is 2.94. The summed E-state index contributed by atoms with van der Waals surface area (Å²) in [6.07, 6.45) is 1.37. The largest absolute Gasteiger partial charge is 0.383 e. The predicted octanol–water partition coefficient (Wildman–Crippen LogP) is 5.19. The first-order chi connectivity index (χ1) is 17.3. The van der Waals surface area contributed by atoms with Crippen LogP contribution in [0.25, 0.3) is 0 Å². The van der Waals surface area contributed by atoms with E-state index < -0.39 is 5.50 Å². The van der Waals surface area contributed by atoms with Crippen LogP contribution in [0.2, 0.25) is 5.02 Å². The number of alkyl halides is 1. The van der Waals surface area contributed by atoms with Crippen molar-refractivity contribution in [2.45, 2.75) is 39.1 Å². The maximum absolute atomic E-state index is 13.0. The third-order valence-electron chi connectivity index (χ3n) is 6.03. The van der Waals surface area contributed by atoms with Gasteiger partial charge < -0.3 is 25.8 Å². The Labute approximate surface area is 224 Å². The molecule has 2 aromatic carbocycles. The van der Waals surface area contributed by atoms with Gasteiger partial charge in [0, 0.05) is 56.3 Å². The van der Waals surface area contributed by atoms with Crippen LogP contribution in [0.3, 0.4) is 0 Å². The lowest BCUT2D eigenvalue weighted by Crippen LogP contribution is -2.42. The number of hydrogen-bond donors (Lipinski definition) is 3. The third kappa shape index (κ3) is 8.20. The zero-order valence-electron chi connectivity index (χ0n) is 21.3. The van der Waals surface area contributed by atoms with Gasteiger partial charge in [-0.1, -0.05) is 49.2 Å². The highest BCUT2D eigenvalue weighted by Gasteiger charge is 2.22. The minimum Gasteiger partial charge on any atom is -0.383 e. The normalized spacial score (nSPS) is 14.8. The Morgan fingerprint density at radius 1 is 1.03 bits per heavy atom. The second kappa shape index (κ2) is 13.6. The van der Waals surface area contributed by atoms with Crippen LogP contribution in [0, 0.1) is 5.92 Å². The maximum Gasteiger partial charge on any atom is 0.317 e. The Morgan fingerprint density at radius 3 is 2.47 bits per heavy atom. The van der Waals surface area contributed by atoms with E-state index in [1.165, 1.54) is 0 Å². The fourth-order valence-corrected chi connectivity index (χ4v) is 4.54. The molecule has 1 aliphatic heterocycles. The number of urea groups is 1. The molecule has 3 N–H and O–H groups in total. The summed E-state index contributed by atoms with van der Waals surface area (Å²) < 4.78 is 0. The molecule has 1 fully saturated rings. The molecule has 0 aliphatic carbocycles. The average molecular weight is 535 g/mol. The lowest BCUT2D eigenvalue weighted by atomic mass is 10.1. The molecule has 1 aliphatic rings. The smallest absolute Gasteiger partial charge is 0.317 e. The van der Waals surface area contributed by atoms with Crippen molar-refractivity contribution in [1.82, 2.24) is 15.5 Å². The molecule has 1 unspecified atom stereocenters. The van der Waals surface area contributed by atoms with E-state index in [4.69, 9.17) is 23.2 Å². The quantitative estimate of drug-likeness (QED) is 0.306. The van der Waals surface area contributed by atoms with Crippen molar-refractivity contribution in [3.63, 3.8) is 0 Å². The van der Waals surface area contributed by atoms with E-state index >= 15 is 0 Å². The standard InChI is InChI=1S/C27H37Cl2N5O2/c1-4-30-27(36)34-13-5-12-33(14-15-34)24-11-8-21(17-23(24)31-18-19(2)3)26(35)32-25(29)16-20-6-9-22(28)10-7-20/h6-11,17,19,25,31H,4-5,12-16,18H2,1-3H3,(H,30,36)(H,32,35). The van der Waals surface area contributed by atoms with Crippen molar-refractivity contribution >= 4 is 46.5 Å². The molecule has 3 amide bonds. The summed E-state index contributed by atoms with van der Waals surface area (Å²) in [4.78, 5) is 29.5. The topological polar surface area (TPSA) is 76.7 Å². The first-order valence-electron chi connectivity index (χ1n) is 12.6. The molecule has 1 saturated heterocycles. The van der Waals surface area contributed by atoms with Crippen molar-refractivity contribution in [1.29, 1.82) is 0 Å². The van der Waals surface area contributed by atoms with Crippen molar-refractivity contribution in [3.05, 3.63) is 58.6 Å². The first-order valence-corrected chi connectivity index (χ1v) is 13.4. The number of rotatable bonds is 9. The molecular formula is C27H37Cl2N5O2. The number of carbonyl (C=O) groups is 2. The monoisotopic (exact) mass is 533 g/mol. The third-order valence-corrected chi connectivity index (χ3v) is 6.54. The SMILES string of the molecule is CCNC(=O)N1CCCN(c2ccc(C(=O)NC(Cl)Cc3ccc(Cl)cc3)cc2NCC(C)C)CC1. The molecule has 0 spiro atoms. The maximum atomic E-state index is 13.0. The Bertz CT molecular complexity index is 1020. The van der Waals surface area contributed by atoms with Gasteiger partial charge >= 0.3 is 6.03 Å². The Hall–Kier alpha value is -2.64. The number of carbonyl (C=O) groups excluding carboxylic acids is 2. The van der Waals surface area contributed by atoms with E-state index in [1.807, 2.05) is 54.3 Å². The van der Waals surface area contributed by atoms with Crippen LogP contribution in [0.15, 0.2) is 42.5 Å². The van der Waals surface area contributed by atoms with Gasteiger partial charge in [-0.15, -0.1) is 0 Å². The van der Waals surface area contributed by atoms with Crippen LogP contribution in [0.4, 0.5) is 16.2 Å². The first kappa shape index (κ1) is 27.9. The molecule has 0 radical (unpaired) electrons. The summed E-state index contributed by atoms with van der Waals surface area (Å²) in [6.45, 7) is 10.6. The molecule has 0 aromatic heterocycles. The molecule has 196 valence electrons. The van der Waals surface area contributed by atoms with Crippen LogP contribution in [-0.2, 0) is 6.42 Å². The molecule has 9 heteroatoms. The molecule has 0 bridgehead atoms. The fourth-order valence-electron chi connectivity index (χ4n) is 4.14. The highest BCUT2D eigenvalue weighted by atomic mass is 35.5. The molecule has 2 aromatic rings. The number of nitrogens with one attached hydrogen (secondary N) is 3. The summed E-state index contributed by atoms with van der Waals surface area (Å²) in [7, 11) is 0. The van der Waals surface area contributed by atoms with Gasteiger partial charge in [-0.05, 0) is 55.2 Å². The van der Waals surface area contributed by atoms with Gasteiger partial charge in [0.15, 0.2) is 0 Å². The van der Waals surface area contributed by atoms with E-state index in [9.17, 15) is 9.59 Å². The average Bonchev–Trinajstić information content (AvgIpc) is 3.10. The number of hydrogen-bond acceptors (Lipinski definition) is 4. The van der Waals surface area contributed by atoms with Gasteiger partial charge in [-0.3, -0.25) is 4.79 Å². The molecule has 1 atom stereocenters. The summed E-state index contributed by atoms with van der Waals surface area (Å²) in [5.74, 6) is 0.223. The van der Waals surface area contributed by atoms with Gasteiger partial charge in [-0.25, -0.2) is 4.79 Å².